The van der Waals surface area contributed by atoms with Crippen molar-refractivity contribution in [1.29, 1.82) is 0 Å². The Hall–Kier alpha value is -3.76. The second-order valence-corrected chi connectivity index (χ2v) is 7.12. The Bertz CT molecular complexity index is 1220. The fraction of sp³-hybridized carbons (Fsp3) is 0.167. The number of alkyl halides is 3. The number of carbonyl (C=O) groups is 2. The molecular weight excluding hydrogens is 487 g/mol. The number of anilines is 4. The van der Waals surface area contributed by atoms with Gasteiger partial charge in [0.1, 0.15) is 0 Å². The molecule has 3 aromatic rings. The lowest BCUT2D eigenvalue weighted by Gasteiger charge is -2.19. The molecule has 186 valence electrons. The first-order valence-electron chi connectivity index (χ1n) is 10.0. The van der Waals surface area contributed by atoms with E-state index in [0.29, 0.717) is 11.3 Å². The number of hydrogen-bond donors (Lipinski definition) is 3. The van der Waals surface area contributed by atoms with Crippen LogP contribution in [0.5, 0.6) is 0 Å². The highest BCUT2D eigenvalue weighted by atomic mass is 35.5. The zero-order valence-corrected chi connectivity index (χ0v) is 19.5. The van der Waals surface area contributed by atoms with Gasteiger partial charge in [-0.25, -0.2) is 9.59 Å². The van der Waals surface area contributed by atoms with Gasteiger partial charge in [-0.15, -0.1) is 12.4 Å². The summed E-state index contributed by atoms with van der Waals surface area (Å²) >= 11 is 0. The van der Waals surface area contributed by atoms with Gasteiger partial charge in [-0.05, 0) is 48.0 Å². The van der Waals surface area contributed by atoms with Crippen LogP contribution in [0.2, 0.25) is 0 Å². The van der Waals surface area contributed by atoms with E-state index in [4.69, 9.17) is 15.2 Å². The number of nitrogens with two attached hydrogens (primary N) is 1. The van der Waals surface area contributed by atoms with Crippen molar-refractivity contribution >= 4 is 47.1 Å². The summed E-state index contributed by atoms with van der Waals surface area (Å²) in [5, 5.41) is 5.86. The number of esters is 2. The minimum absolute atomic E-state index is 0. The number of hydrogen-bond acceptors (Lipinski definition) is 7. The maximum atomic E-state index is 13.4. The molecule has 0 aliphatic heterocycles. The molecule has 4 N–H and O–H groups in total. The van der Waals surface area contributed by atoms with Crippen molar-refractivity contribution in [2.75, 3.05) is 24.9 Å². The monoisotopic (exact) mass is 509 g/mol. The largest absolute Gasteiger partial charge is 0.465 e. The normalized spacial score (nSPS) is 10.7. The van der Waals surface area contributed by atoms with Crippen molar-refractivity contribution in [1.82, 2.24) is 0 Å². The SMILES string of the molecule is COC(=O)c1ccccc1Nc1ccc(C(F)(F)F)cc1Nc1ccc(CN)cc1C(=O)OC.Cl. The summed E-state index contributed by atoms with van der Waals surface area (Å²) in [6.07, 6.45) is -4.60. The standard InChI is InChI=1S/C24H22F3N3O4.ClH/c1-33-22(31)16-5-3-4-6-18(16)29-20-10-8-15(24(25,26)27)12-21(20)30-19-9-7-14(13-28)11-17(19)23(32)34-2;/h3-12,29-30H,13,28H2,1-2H3;1H. The highest BCUT2D eigenvalue weighted by Crippen LogP contribution is 2.37. The van der Waals surface area contributed by atoms with Crippen molar-refractivity contribution in [3.05, 3.63) is 82.9 Å². The highest BCUT2D eigenvalue weighted by molar-refractivity contribution is 5.99. The van der Waals surface area contributed by atoms with E-state index in [9.17, 15) is 22.8 Å². The first kappa shape index (κ1) is 27.5. The molecule has 11 heteroatoms. The van der Waals surface area contributed by atoms with Crippen LogP contribution in [0.15, 0.2) is 60.7 Å². The molecule has 0 spiro atoms. The predicted molar refractivity (Wildman–Crippen MR) is 129 cm³/mol. The summed E-state index contributed by atoms with van der Waals surface area (Å²) in [6, 6.07) is 14.1. The Labute approximate surface area is 205 Å². The quantitative estimate of drug-likeness (QED) is 0.354. The van der Waals surface area contributed by atoms with E-state index in [-0.39, 0.29) is 47.1 Å². The molecule has 0 radical (unpaired) electrons. The third kappa shape index (κ3) is 6.43. The van der Waals surface area contributed by atoms with Crippen LogP contribution >= 0.6 is 12.4 Å². The molecule has 0 aliphatic rings. The molecule has 7 nitrogen and oxygen atoms in total. The van der Waals surface area contributed by atoms with Gasteiger partial charge < -0.3 is 25.8 Å². The average Bonchev–Trinajstić information content (AvgIpc) is 2.84. The summed E-state index contributed by atoms with van der Waals surface area (Å²) in [5.41, 5.74) is 6.45. The zero-order chi connectivity index (χ0) is 24.9. The lowest BCUT2D eigenvalue weighted by molar-refractivity contribution is -0.137. The topological polar surface area (TPSA) is 103 Å². The van der Waals surface area contributed by atoms with E-state index in [1.54, 1.807) is 24.3 Å². The van der Waals surface area contributed by atoms with Crippen molar-refractivity contribution in [3.63, 3.8) is 0 Å². The number of carbonyl (C=O) groups excluding carboxylic acids is 2. The fourth-order valence-electron chi connectivity index (χ4n) is 3.21. The Kier molecular flexibility index (Phi) is 9.10. The van der Waals surface area contributed by atoms with Crippen LogP contribution in [0.3, 0.4) is 0 Å². The molecule has 0 aliphatic carbocycles. The molecule has 0 atom stereocenters. The van der Waals surface area contributed by atoms with Crippen LogP contribution in [0.4, 0.5) is 35.9 Å². The molecule has 3 aromatic carbocycles. The smallest absolute Gasteiger partial charge is 0.416 e. The number of rotatable bonds is 7. The summed E-state index contributed by atoms with van der Waals surface area (Å²) in [5.74, 6) is -1.30. The number of para-hydroxylation sites is 1. The lowest BCUT2D eigenvalue weighted by atomic mass is 10.1. The Morgan fingerprint density at radius 1 is 0.800 bits per heavy atom. The van der Waals surface area contributed by atoms with Gasteiger partial charge >= 0.3 is 18.1 Å². The maximum Gasteiger partial charge on any atom is 0.416 e. The maximum absolute atomic E-state index is 13.4. The minimum Gasteiger partial charge on any atom is -0.465 e. The lowest BCUT2D eigenvalue weighted by Crippen LogP contribution is -2.11. The van der Waals surface area contributed by atoms with E-state index in [1.807, 2.05) is 0 Å². The van der Waals surface area contributed by atoms with E-state index < -0.39 is 23.7 Å². The Balaban J connectivity index is 0.00000432. The summed E-state index contributed by atoms with van der Waals surface area (Å²) in [7, 11) is 2.42. The van der Waals surface area contributed by atoms with Crippen LogP contribution in [-0.4, -0.2) is 26.2 Å². The summed E-state index contributed by atoms with van der Waals surface area (Å²) in [4.78, 5) is 24.4. The molecule has 0 aromatic heterocycles. The Morgan fingerprint density at radius 3 is 2.00 bits per heavy atom. The molecule has 0 saturated carbocycles. The number of nitrogens with one attached hydrogen (secondary N) is 2. The summed E-state index contributed by atoms with van der Waals surface area (Å²) in [6.45, 7) is 0.158. The van der Waals surface area contributed by atoms with Gasteiger partial charge in [0.25, 0.3) is 0 Å². The number of halogens is 4. The molecule has 0 saturated heterocycles. The van der Waals surface area contributed by atoms with E-state index in [0.717, 1.165) is 12.1 Å². The highest BCUT2D eigenvalue weighted by Gasteiger charge is 2.31. The fourth-order valence-corrected chi connectivity index (χ4v) is 3.21. The molecule has 35 heavy (non-hydrogen) atoms. The van der Waals surface area contributed by atoms with Gasteiger partial charge in [0.15, 0.2) is 0 Å². The van der Waals surface area contributed by atoms with Crippen molar-refractivity contribution in [2.24, 2.45) is 5.73 Å². The molecule has 3 rings (SSSR count). The van der Waals surface area contributed by atoms with E-state index in [2.05, 4.69) is 10.6 Å². The molecule has 0 fully saturated rings. The second-order valence-electron chi connectivity index (χ2n) is 7.12. The number of ether oxygens (including phenoxy) is 2. The van der Waals surface area contributed by atoms with Gasteiger partial charge in [0.2, 0.25) is 0 Å². The molecule has 0 unspecified atom stereocenters. The molecule has 0 bridgehead atoms. The average molecular weight is 510 g/mol. The van der Waals surface area contributed by atoms with Crippen LogP contribution < -0.4 is 16.4 Å². The van der Waals surface area contributed by atoms with Crippen LogP contribution in [0.25, 0.3) is 0 Å². The van der Waals surface area contributed by atoms with Gasteiger partial charge in [-0.3, -0.25) is 0 Å². The van der Waals surface area contributed by atoms with Crippen LogP contribution in [0, 0.1) is 0 Å². The van der Waals surface area contributed by atoms with Crippen molar-refractivity contribution in [3.8, 4) is 0 Å². The minimum atomic E-state index is -4.60. The van der Waals surface area contributed by atoms with Crippen LogP contribution in [-0.2, 0) is 22.2 Å². The predicted octanol–water partition coefficient (Wildman–Crippen LogP) is 5.65. The molecule has 0 amide bonds. The summed E-state index contributed by atoms with van der Waals surface area (Å²) < 4.78 is 49.9. The van der Waals surface area contributed by atoms with Gasteiger partial charge in [-0.2, -0.15) is 13.2 Å². The van der Waals surface area contributed by atoms with Gasteiger partial charge in [0, 0.05) is 6.54 Å². The number of benzene rings is 3. The first-order chi connectivity index (χ1) is 16.2. The molecular formula is C24H23ClF3N3O4. The third-order valence-corrected chi connectivity index (χ3v) is 4.94. The van der Waals surface area contributed by atoms with E-state index in [1.165, 1.54) is 38.5 Å². The second kappa shape index (κ2) is 11.6. The van der Waals surface area contributed by atoms with Gasteiger partial charge in [-0.1, -0.05) is 18.2 Å². The van der Waals surface area contributed by atoms with Gasteiger partial charge in [0.05, 0.1) is 53.7 Å². The van der Waals surface area contributed by atoms with Crippen molar-refractivity contribution in [2.45, 2.75) is 12.7 Å². The zero-order valence-electron chi connectivity index (χ0n) is 18.7. The van der Waals surface area contributed by atoms with Crippen LogP contribution in [0.1, 0.15) is 31.8 Å². The van der Waals surface area contributed by atoms with Crippen molar-refractivity contribution < 1.29 is 32.2 Å². The number of methoxy groups -OCH3 is 2. The Morgan fingerprint density at radius 2 is 1.37 bits per heavy atom. The molecule has 0 heterocycles. The van der Waals surface area contributed by atoms with E-state index >= 15 is 0 Å². The third-order valence-electron chi connectivity index (χ3n) is 4.94. The first-order valence-corrected chi connectivity index (χ1v) is 10.0.